The summed E-state index contributed by atoms with van der Waals surface area (Å²) in [5.74, 6) is 0.252. The van der Waals surface area contributed by atoms with Crippen molar-refractivity contribution in [3.63, 3.8) is 0 Å². The lowest BCUT2D eigenvalue weighted by atomic mass is 10.0. The summed E-state index contributed by atoms with van der Waals surface area (Å²) in [6.45, 7) is 7.54. The number of hydrogen-bond acceptors (Lipinski definition) is 5. The molecule has 1 aromatic rings. The number of rotatable bonds is 5. The van der Waals surface area contributed by atoms with Crippen LogP contribution >= 0.6 is 0 Å². The van der Waals surface area contributed by atoms with Gasteiger partial charge in [0.15, 0.2) is 6.61 Å². The van der Waals surface area contributed by atoms with Crippen molar-refractivity contribution in [2.24, 2.45) is 0 Å². The largest absolute Gasteiger partial charge is 0.482 e. The Morgan fingerprint density at radius 1 is 1.23 bits per heavy atom. The van der Waals surface area contributed by atoms with E-state index < -0.39 is 5.60 Å². The molecule has 1 N–H and O–H groups in total. The van der Waals surface area contributed by atoms with E-state index in [9.17, 15) is 9.59 Å². The van der Waals surface area contributed by atoms with E-state index in [1.807, 2.05) is 39.0 Å². The molecule has 0 heterocycles. The van der Waals surface area contributed by atoms with Gasteiger partial charge in [0.05, 0.1) is 6.61 Å². The molecule has 0 spiro atoms. The number of aryl methyl sites for hydroxylation is 1. The van der Waals surface area contributed by atoms with Gasteiger partial charge in [0.1, 0.15) is 11.4 Å². The third-order valence-electron chi connectivity index (χ3n) is 4.03. The van der Waals surface area contributed by atoms with Crippen LogP contribution in [0.4, 0.5) is 4.79 Å². The normalized spacial score (nSPS) is 16.8. The Labute approximate surface area is 155 Å². The number of fused-ring (bicyclic) bond motifs is 1. The van der Waals surface area contributed by atoms with Gasteiger partial charge in [-0.05, 0) is 76.6 Å². The summed E-state index contributed by atoms with van der Waals surface area (Å²) in [5, 5.41) is 2.97. The molecule has 0 bridgehead atoms. The summed E-state index contributed by atoms with van der Waals surface area (Å²) in [6, 6.07) is 5.88. The zero-order chi connectivity index (χ0) is 19.2. The van der Waals surface area contributed by atoms with Crippen molar-refractivity contribution < 1.29 is 23.8 Å². The number of alkyl carbamates (subject to hydrolysis) is 1. The zero-order valence-corrected chi connectivity index (χ0v) is 16.1. The molecule has 0 saturated heterocycles. The quantitative estimate of drug-likeness (QED) is 0.641. The molecule has 26 heavy (non-hydrogen) atoms. The first-order valence-corrected chi connectivity index (χ1v) is 9.16. The number of carbonyl (C=O) groups excluding carboxylic acids is 2. The third kappa shape index (κ3) is 6.58. The molecule has 1 atom stereocenters. The first kappa shape index (κ1) is 20.1. The van der Waals surface area contributed by atoms with Crippen LogP contribution < -0.4 is 10.1 Å². The molecule has 0 aromatic heterocycles. The molecule has 0 aliphatic heterocycles. The molecular formula is C20H29NO5. The third-order valence-corrected chi connectivity index (χ3v) is 4.03. The van der Waals surface area contributed by atoms with Crippen LogP contribution in [-0.2, 0) is 27.1 Å². The zero-order valence-electron chi connectivity index (χ0n) is 16.1. The average Bonchev–Trinajstić information content (AvgIpc) is 2.72. The minimum absolute atomic E-state index is 0.0198. The van der Waals surface area contributed by atoms with E-state index in [0.29, 0.717) is 18.8 Å². The number of benzene rings is 1. The number of amides is 1. The Kier molecular flexibility index (Phi) is 6.89. The fraction of sp³-hybridized carbons (Fsp3) is 0.600. The fourth-order valence-electron chi connectivity index (χ4n) is 2.97. The lowest BCUT2D eigenvalue weighted by molar-refractivity contribution is -0.145. The van der Waals surface area contributed by atoms with Gasteiger partial charge in [0.2, 0.25) is 0 Å². The molecule has 1 aliphatic carbocycles. The minimum atomic E-state index is -0.513. The molecule has 144 valence electrons. The van der Waals surface area contributed by atoms with Crippen molar-refractivity contribution in [3.05, 3.63) is 29.3 Å². The SMILES string of the molecule is CCOC(=O)COc1ccc2c(c1)C[C@@H](NC(=O)OC(C)(C)C)CCC2. The van der Waals surface area contributed by atoms with Gasteiger partial charge < -0.3 is 19.5 Å². The molecule has 0 unspecified atom stereocenters. The Morgan fingerprint density at radius 3 is 2.69 bits per heavy atom. The van der Waals surface area contributed by atoms with Crippen LogP contribution in [0.25, 0.3) is 0 Å². The van der Waals surface area contributed by atoms with E-state index in [2.05, 4.69) is 5.32 Å². The summed E-state index contributed by atoms with van der Waals surface area (Å²) in [4.78, 5) is 23.5. The van der Waals surface area contributed by atoms with Crippen molar-refractivity contribution in [3.8, 4) is 5.75 Å². The highest BCUT2D eigenvalue weighted by Gasteiger charge is 2.22. The van der Waals surface area contributed by atoms with Gasteiger partial charge in [-0.15, -0.1) is 0 Å². The van der Waals surface area contributed by atoms with Gasteiger partial charge in [0, 0.05) is 6.04 Å². The summed E-state index contributed by atoms with van der Waals surface area (Å²) in [7, 11) is 0. The van der Waals surface area contributed by atoms with Crippen molar-refractivity contribution in [1.29, 1.82) is 0 Å². The van der Waals surface area contributed by atoms with Gasteiger partial charge in [-0.25, -0.2) is 9.59 Å². The molecular weight excluding hydrogens is 334 g/mol. The molecule has 1 amide bonds. The molecule has 1 aliphatic rings. The Morgan fingerprint density at radius 2 is 2.00 bits per heavy atom. The van der Waals surface area contributed by atoms with E-state index in [4.69, 9.17) is 14.2 Å². The Hall–Kier alpha value is -2.24. The molecule has 0 saturated carbocycles. The Bertz CT molecular complexity index is 636. The number of nitrogens with one attached hydrogen (secondary N) is 1. The van der Waals surface area contributed by atoms with E-state index in [-0.39, 0.29) is 24.7 Å². The van der Waals surface area contributed by atoms with Crippen LogP contribution in [0.15, 0.2) is 18.2 Å². The molecule has 6 heteroatoms. The molecule has 1 aromatic carbocycles. The molecule has 6 nitrogen and oxygen atoms in total. The van der Waals surface area contributed by atoms with Crippen LogP contribution in [0.2, 0.25) is 0 Å². The summed E-state index contributed by atoms with van der Waals surface area (Å²) >= 11 is 0. The van der Waals surface area contributed by atoms with Crippen molar-refractivity contribution in [2.45, 2.75) is 65.0 Å². The van der Waals surface area contributed by atoms with Gasteiger partial charge in [-0.2, -0.15) is 0 Å². The number of carbonyl (C=O) groups is 2. The van der Waals surface area contributed by atoms with E-state index in [0.717, 1.165) is 24.8 Å². The average molecular weight is 363 g/mol. The van der Waals surface area contributed by atoms with Gasteiger partial charge in [-0.3, -0.25) is 0 Å². The van der Waals surface area contributed by atoms with Crippen LogP contribution in [0, 0.1) is 0 Å². The second-order valence-corrected chi connectivity index (χ2v) is 7.46. The highest BCUT2D eigenvalue weighted by atomic mass is 16.6. The highest BCUT2D eigenvalue weighted by Crippen LogP contribution is 2.25. The topological polar surface area (TPSA) is 73.9 Å². The fourth-order valence-corrected chi connectivity index (χ4v) is 2.97. The van der Waals surface area contributed by atoms with E-state index in [1.54, 1.807) is 6.92 Å². The van der Waals surface area contributed by atoms with Crippen LogP contribution in [0.5, 0.6) is 5.75 Å². The van der Waals surface area contributed by atoms with Gasteiger partial charge in [-0.1, -0.05) is 6.07 Å². The van der Waals surface area contributed by atoms with Crippen LogP contribution in [-0.4, -0.2) is 36.9 Å². The molecule has 2 rings (SSSR count). The lowest BCUT2D eigenvalue weighted by Gasteiger charge is -2.23. The van der Waals surface area contributed by atoms with Gasteiger partial charge in [0.25, 0.3) is 0 Å². The number of ether oxygens (including phenoxy) is 3. The lowest BCUT2D eigenvalue weighted by Crippen LogP contribution is -2.40. The predicted molar refractivity (Wildman–Crippen MR) is 98.4 cm³/mol. The van der Waals surface area contributed by atoms with Crippen molar-refractivity contribution in [2.75, 3.05) is 13.2 Å². The standard InChI is InChI=1S/C20H29NO5/c1-5-24-18(22)13-25-17-10-9-14-7-6-8-16(11-15(14)12-17)21-19(23)26-20(2,3)4/h9-10,12,16H,5-8,11,13H2,1-4H3,(H,21,23)/t16-/m0/s1. The van der Waals surface area contributed by atoms with E-state index >= 15 is 0 Å². The summed E-state index contributed by atoms with van der Waals surface area (Å²) < 4.78 is 15.7. The second-order valence-electron chi connectivity index (χ2n) is 7.46. The van der Waals surface area contributed by atoms with E-state index in [1.165, 1.54) is 5.56 Å². The van der Waals surface area contributed by atoms with Gasteiger partial charge >= 0.3 is 12.1 Å². The van der Waals surface area contributed by atoms with Crippen molar-refractivity contribution in [1.82, 2.24) is 5.32 Å². The molecule has 0 radical (unpaired) electrons. The van der Waals surface area contributed by atoms with Crippen LogP contribution in [0.3, 0.4) is 0 Å². The first-order chi connectivity index (χ1) is 12.3. The first-order valence-electron chi connectivity index (χ1n) is 9.16. The van der Waals surface area contributed by atoms with Crippen LogP contribution in [0.1, 0.15) is 51.7 Å². The monoisotopic (exact) mass is 363 g/mol. The smallest absolute Gasteiger partial charge is 0.407 e. The van der Waals surface area contributed by atoms with Crippen molar-refractivity contribution >= 4 is 12.1 Å². The highest BCUT2D eigenvalue weighted by molar-refractivity contribution is 5.71. The second kappa shape index (κ2) is 8.92. The maximum Gasteiger partial charge on any atom is 0.407 e. The minimum Gasteiger partial charge on any atom is -0.482 e. The number of hydrogen-bond donors (Lipinski definition) is 1. The maximum absolute atomic E-state index is 12.0. The summed E-state index contributed by atoms with van der Waals surface area (Å²) in [5.41, 5.74) is 1.87. The molecule has 0 fully saturated rings. The Balaban J connectivity index is 1.99. The summed E-state index contributed by atoms with van der Waals surface area (Å²) in [6.07, 6.45) is 3.18. The number of esters is 1. The maximum atomic E-state index is 12.0. The predicted octanol–water partition coefficient (Wildman–Crippen LogP) is 3.40.